The second-order valence-electron chi connectivity index (χ2n) is 7.59. The summed E-state index contributed by atoms with van der Waals surface area (Å²) < 4.78 is 0. The van der Waals surface area contributed by atoms with Gasteiger partial charge in [0, 0.05) is 11.3 Å². The van der Waals surface area contributed by atoms with E-state index in [1.165, 1.54) is 4.90 Å². The lowest BCUT2D eigenvalue weighted by Crippen LogP contribution is -2.31. The van der Waals surface area contributed by atoms with Crippen LogP contribution in [0.2, 0.25) is 0 Å². The van der Waals surface area contributed by atoms with E-state index in [0.29, 0.717) is 29.8 Å². The molecule has 2 aliphatic rings. The van der Waals surface area contributed by atoms with E-state index < -0.39 is 0 Å². The Morgan fingerprint density at radius 3 is 2.46 bits per heavy atom. The van der Waals surface area contributed by atoms with Crippen LogP contribution in [-0.4, -0.2) is 17.7 Å². The zero-order chi connectivity index (χ0) is 19.8. The Morgan fingerprint density at radius 2 is 1.71 bits per heavy atom. The van der Waals surface area contributed by atoms with Crippen molar-refractivity contribution in [1.82, 2.24) is 0 Å². The summed E-state index contributed by atoms with van der Waals surface area (Å²) in [7, 11) is 0. The van der Waals surface area contributed by atoms with Crippen molar-refractivity contribution in [1.29, 1.82) is 0 Å². The Balaban J connectivity index is 1.57. The van der Waals surface area contributed by atoms with E-state index in [9.17, 15) is 14.4 Å². The molecule has 0 radical (unpaired) electrons. The topological polar surface area (TPSA) is 66.5 Å². The zero-order valence-corrected chi connectivity index (χ0v) is 15.9. The summed E-state index contributed by atoms with van der Waals surface area (Å²) in [6.45, 7) is 3.97. The standard InChI is InChI=1S/C23H22N2O3/c1-14-6-9-17(10-7-14)24-21(26)16-4-3-5-18(13-16)25-22(27)19-11-8-15(2)12-20(19)23(25)28/h3-10,13,19-20H,11-12H2,1-2H3,(H,24,26)/t19-,20-/m0/s1. The van der Waals surface area contributed by atoms with Crippen molar-refractivity contribution >= 4 is 29.1 Å². The van der Waals surface area contributed by atoms with Gasteiger partial charge in [-0.05, 0) is 57.0 Å². The van der Waals surface area contributed by atoms with E-state index in [1.807, 2.05) is 44.2 Å². The molecule has 0 saturated carbocycles. The number of aryl methyl sites for hydroxylation is 1. The molecular formula is C23H22N2O3. The minimum Gasteiger partial charge on any atom is -0.322 e. The Bertz CT molecular complexity index is 991. The molecule has 0 spiro atoms. The minimum absolute atomic E-state index is 0.168. The largest absolute Gasteiger partial charge is 0.322 e. The summed E-state index contributed by atoms with van der Waals surface area (Å²) >= 11 is 0. The van der Waals surface area contributed by atoms with E-state index in [2.05, 4.69) is 5.32 Å². The van der Waals surface area contributed by atoms with Gasteiger partial charge >= 0.3 is 0 Å². The fourth-order valence-electron chi connectivity index (χ4n) is 3.92. The number of hydrogen-bond donors (Lipinski definition) is 1. The molecule has 2 atom stereocenters. The lowest BCUT2D eigenvalue weighted by Gasteiger charge is -2.18. The van der Waals surface area contributed by atoms with Gasteiger partial charge in [0.1, 0.15) is 0 Å². The minimum atomic E-state index is -0.291. The van der Waals surface area contributed by atoms with Crippen LogP contribution >= 0.6 is 0 Å². The molecule has 2 aromatic carbocycles. The van der Waals surface area contributed by atoms with Crippen molar-refractivity contribution < 1.29 is 14.4 Å². The number of nitrogens with one attached hydrogen (secondary N) is 1. The van der Waals surface area contributed by atoms with Gasteiger partial charge in [0.15, 0.2) is 0 Å². The highest BCUT2D eigenvalue weighted by molar-refractivity contribution is 6.22. The normalized spacial score (nSPS) is 21.4. The molecule has 1 aliphatic heterocycles. The molecule has 3 amide bonds. The number of carbonyl (C=O) groups excluding carboxylic acids is 3. The highest BCUT2D eigenvalue weighted by atomic mass is 16.2. The maximum atomic E-state index is 12.9. The molecule has 142 valence electrons. The van der Waals surface area contributed by atoms with E-state index in [0.717, 1.165) is 11.1 Å². The number of anilines is 2. The summed E-state index contributed by atoms with van der Waals surface area (Å²) in [4.78, 5) is 39.6. The number of nitrogens with zero attached hydrogens (tertiary/aromatic N) is 1. The van der Waals surface area contributed by atoms with Crippen LogP contribution < -0.4 is 10.2 Å². The fourth-order valence-corrected chi connectivity index (χ4v) is 3.92. The molecule has 0 aromatic heterocycles. The van der Waals surface area contributed by atoms with Crippen molar-refractivity contribution in [2.24, 2.45) is 11.8 Å². The van der Waals surface area contributed by atoms with E-state index >= 15 is 0 Å². The van der Waals surface area contributed by atoms with Crippen molar-refractivity contribution in [2.45, 2.75) is 26.7 Å². The van der Waals surface area contributed by atoms with Gasteiger partial charge in [-0.2, -0.15) is 0 Å². The van der Waals surface area contributed by atoms with Gasteiger partial charge in [-0.3, -0.25) is 19.3 Å². The first kappa shape index (κ1) is 18.2. The third kappa shape index (κ3) is 3.24. The average molecular weight is 374 g/mol. The molecule has 1 heterocycles. The second-order valence-corrected chi connectivity index (χ2v) is 7.59. The molecule has 5 nitrogen and oxygen atoms in total. The SMILES string of the molecule is CC1=CC[C@@H]2C(=O)N(c3cccc(C(=O)Nc4ccc(C)cc4)c3)C(=O)[C@H]2C1. The van der Waals surface area contributed by atoms with Gasteiger partial charge in [0.2, 0.25) is 11.8 Å². The van der Waals surface area contributed by atoms with Crippen LogP contribution in [0.1, 0.15) is 35.7 Å². The lowest BCUT2D eigenvalue weighted by molar-refractivity contribution is -0.122. The van der Waals surface area contributed by atoms with Gasteiger partial charge in [-0.25, -0.2) is 0 Å². The zero-order valence-electron chi connectivity index (χ0n) is 15.9. The third-order valence-corrected chi connectivity index (χ3v) is 5.50. The predicted octanol–water partition coefficient (Wildman–Crippen LogP) is 4.09. The molecule has 1 aliphatic carbocycles. The monoisotopic (exact) mass is 374 g/mol. The molecule has 2 aromatic rings. The first-order valence-electron chi connectivity index (χ1n) is 9.45. The smallest absolute Gasteiger partial charge is 0.255 e. The first-order chi connectivity index (χ1) is 13.4. The summed E-state index contributed by atoms with van der Waals surface area (Å²) in [5, 5.41) is 2.85. The number of fused-ring (bicyclic) bond motifs is 1. The van der Waals surface area contributed by atoms with Gasteiger partial charge in [-0.15, -0.1) is 0 Å². The molecule has 5 heteroatoms. The van der Waals surface area contributed by atoms with Crippen LogP contribution in [0.3, 0.4) is 0 Å². The number of imide groups is 1. The van der Waals surface area contributed by atoms with Crippen LogP contribution in [0, 0.1) is 18.8 Å². The Kier molecular flexibility index (Phi) is 4.59. The van der Waals surface area contributed by atoms with Crippen molar-refractivity contribution in [3.8, 4) is 0 Å². The second kappa shape index (κ2) is 7.08. The summed E-state index contributed by atoms with van der Waals surface area (Å²) in [5.41, 5.74) is 3.82. The first-order valence-corrected chi connectivity index (χ1v) is 9.45. The van der Waals surface area contributed by atoms with Crippen molar-refractivity contribution in [2.75, 3.05) is 10.2 Å². The summed E-state index contributed by atoms with van der Waals surface area (Å²) in [6, 6.07) is 14.2. The maximum absolute atomic E-state index is 12.9. The number of allylic oxidation sites excluding steroid dienone is 2. The highest BCUT2D eigenvalue weighted by Gasteiger charge is 2.48. The van der Waals surface area contributed by atoms with E-state index in [-0.39, 0.29) is 29.6 Å². The molecule has 0 bridgehead atoms. The van der Waals surface area contributed by atoms with Gasteiger partial charge in [-0.1, -0.05) is 35.4 Å². The molecule has 28 heavy (non-hydrogen) atoms. The number of benzene rings is 2. The Hall–Kier alpha value is -3.21. The van der Waals surface area contributed by atoms with Crippen molar-refractivity contribution in [3.05, 3.63) is 71.3 Å². The summed E-state index contributed by atoms with van der Waals surface area (Å²) in [5.74, 6) is -1.20. The quantitative estimate of drug-likeness (QED) is 0.650. The van der Waals surface area contributed by atoms with Gasteiger partial charge < -0.3 is 5.32 Å². The van der Waals surface area contributed by atoms with E-state index in [4.69, 9.17) is 0 Å². The fraction of sp³-hybridized carbons (Fsp3) is 0.261. The number of carbonyl (C=O) groups is 3. The highest BCUT2D eigenvalue weighted by Crippen LogP contribution is 2.39. The van der Waals surface area contributed by atoms with E-state index in [1.54, 1.807) is 24.3 Å². The molecular weight excluding hydrogens is 352 g/mol. The predicted molar refractivity (Wildman–Crippen MR) is 108 cm³/mol. The molecule has 1 fully saturated rings. The summed E-state index contributed by atoms with van der Waals surface area (Å²) in [6.07, 6.45) is 3.27. The van der Waals surface area contributed by atoms with Crippen LogP contribution in [0.25, 0.3) is 0 Å². The van der Waals surface area contributed by atoms with Crippen LogP contribution in [0.15, 0.2) is 60.2 Å². The number of rotatable bonds is 3. The van der Waals surface area contributed by atoms with Gasteiger partial charge in [0.25, 0.3) is 5.91 Å². The Morgan fingerprint density at radius 1 is 1.00 bits per heavy atom. The maximum Gasteiger partial charge on any atom is 0.255 e. The van der Waals surface area contributed by atoms with Crippen molar-refractivity contribution in [3.63, 3.8) is 0 Å². The molecule has 1 N–H and O–H groups in total. The number of amides is 3. The molecule has 0 unspecified atom stereocenters. The van der Waals surface area contributed by atoms with Crippen LogP contribution in [0.5, 0.6) is 0 Å². The third-order valence-electron chi connectivity index (χ3n) is 5.50. The molecule has 1 saturated heterocycles. The number of hydrogen-bond acceptors (Lipinski definition) is 3. The average Bonchev–Trinajstić information content (AvgIpc) is 2.93. The van der Waals surface area contributed by atoms with Crippen LogP contribution in [-0.2, 0) is 9.59 Å². The lowest BCUT2D eigenvalue weighted by atomic mass is 9.82. The molecule has 4 rings (SSSR count). The van der Waals surface area contributed by atoms with Crippen LogP contribution in [0.4, 0.5) is 11.4 Å². The Labute approximate surface area is 164 Å². The van der Waals surface area contributed by atoms with Gasteiger partial charge in [0.05, 0.1) is 17.5 Å².